The number of aromatic nitrogens is 1. The molecule has 1 saturated heterocycles. The molecule has 30 heavy (non-hydrogen) atoms. The first-order valence-corrected chi connectivity index (χ1v) is 11.7. The molecule has 0 unspecified atom stereocenters. The summed E-state index contributed by atoms with van der Waals surface area (Å²) in [6.07, 6.45) is 7.00. The number of carbonyl (C=O) groups is 2. The number of ether oxygens (including phenoxy) is 1. The van der Waals surface area contributed by atoms with Crippen LogP contribution in [0.2, 0.25) is 5.02 Å². The van der Waals surface area contributed by atoms with Crippen molar-refractivity contribution in [1.29, 1.82) is 0 Å². The van der Waals surface area contributed by atoms with Crippen LogP contribution in [-0.4, -0.2) is 58.4 Å². The highest BCUT2D eigenvalue weighted by atomic mass is 35.5. The first kappa shape index (κ1) is 21.3. The van der Waals surface area contributed by atoms with Crippen LogP contribution < -0.4 is 0 Å². The molecule has 1 aliphatic heterocycles. The summed E-state index contributed by atoms with van der Waals surface area (Å²) in [6, 6.07) is 7.64. The van der Waals surface area contributed by atoms with E-state index in [-0.39, 0.29) is 30.5 Å². The highest BCUT2D eigenvalue weighted by Gasteiger charge is 2.35. The lowest BCUT2D eigenvalue weighted by atomic mass is 9.94. The van der Waals surface area contributed by atoms with E-state index in [4.69, 9.17) is 16.3 Å². The molecule has 0 N–H and O–H groups in total. The Morgan fingerprint density at radius 1 is 1.20 bits per heavy atom. The highest BCUT2D eigenvalue weighted by molar-refractivity contribution is 7.12. The van der Waals surface area contributed by atoms with Crippen LogP contribution in [0, 0.1) is 0 Å². The molecule has 2 aliphatic rings. The number of halogens is 1. The third-order valence-electron chi connectivity index (χ3n) is 5.78. The largest absolute Gasteiger partial charge is 0.368 e. The summed E-state index contributed by atoms with van der Waals surface area (Å²) in [5.41, 5.74) is 0.830. The van der Waals surface area contributed by atoms with Gasteiger partial charge < -0.3 is 14.5 Å². The summed E-state index contributed by atoms with van der Waals surface area (Å²) in [6.45, 7) is 1.26. The Hall–Kier alpha value is -1.96. The van der Waals surface area contributed by atoms with Crippen molar-refractivity contribution < 1.29 is 14.3 Å². The fraction of sp³-hybridized carbons (Fsp3) is 0.500. The second-order valence-electron chi connectivity index (χ2n) is 7.88. The number of carbonyl (C=O) groups excluding carboxylic acids is 2. The maximum absolute atomic E-state index is 13.1. The molecular weight excluding hydrogens is 422 g/mol. The second-order valence-corrected chi connectivity index (χ2v) is 9.20. The fourth-order valence-corrected chi connectivity index (χ4v) is 5.33. The molecule has 1 atom stereocenters. The van der Waals surface area contributed by atoms with Gasteiger partial charge in [0.1, 0.15) is 11.4 Å². The molecule has 2 amide bonds. The van der Waals surface area contributed by atoms with Crippen molar-refractivity contribution in [3.8, 4) is 0 Å². The van der Waals surface area contributed by atoms with Crippen LogP contribution in [0.25, 0.3) is 0 Å². The van der Waals surface area contributed by atoms with Crippen LogP contribution in [-0.2, 0) is 16.1 Å². The molecule has 4 rings (SSSR count). The van der Waals surface area contributed by atoms with E-state index in [0.29, 0.717) is 29.6 Å². The maximum atomic E-state index is 13.1. The summed E-state index contributed by atoms with van der Waals surface area (Å²) in [4.78, 5) is 34.6. The normalized spacial score (nSPS) is 21.0. The Morgan fingerprint density at radius 2 is 2.03 bits per heavy atom. The van der Waals surface area contributed by atoms with Gasteiger partial charge in [0.05, 0.1) is 23.4 Å². The van der Waals surface area contributed by atoms with E-state index in [1.807, 2.05) is 23.1 Å². The zero-order chi connectivity index (χ0) is 20.9. The molecule has 0 radical (unpaired) electrons. The number of amides is 2. The number of pyridine rings is 1. The highest BCUT2D eigenvalue weighted by Crippen LogP contribution is 2.27. The number of thiophene rings is 1. The van der Waals surface area contributed by atoms with Crippen LogP contribution in [0.1, 0.15) is 47.5 Å². The lowest BCUT2D eigenvalue weighted by Crippen LogP contribution is -2.46. The monoisotopic (exact) mass is 447 g/mol. The van der Waals surface area contributed by atoms with Crippen molar-refractivity contribution in [3.63, 3.8) is 0 Å². The summed E-state index contributed by atoms with van der Waals surface area (Å²) >= 11 is 7.49. The van der Waals surface area contributed by atoms with E-state index < -0.39 is 0 Å². The Bertz CT molecular complexity index is 870. The number of hydrogen-bond acceptors (Lipinski definition) is 5. The van der Waals surface area contributed by atoms with Crippen molar-refractivity contribution in [2.24, 2.45) is 0 Å². The maximum Gasteiger partial charge on any atom is 0.266 e. The Labute approximate surface area is 185 Å². The minimum absolute atomic E-state index is 0.00753. The molecule has 6 nitrogen and oxygen atoms in total. The molecule has 1 saturated carbocycles. The average molecular weight is 448 g/mol. The van der Waals surface area contributed by atoms with Crippen LogP contribution in [0.3, 0.4) is 0 Å². The summed E-state index contributed by atoms with van der Waals surface area (Å²) in [5, 5.41) is 2.22. The molecule has 1 aliphatic carbocycles. The quantitative estimate of drug-likeness (QED) is 0.695. The first-order chi connectivity index (χ1) is 14.6. The molecule has 8 heteroatoms. The summed E-state index contributed by atoms with van der Waals surface area (Å²) < 4.78 is 6.17. The van der Waals surface area contributed by atoms with E-state index in [0.717, 1.165) is 31.4 Å². The predicted octanol–water partition coefficient (Wildman–Crippen LogP) is 4.00. The first-order valence-electron chi connectivity index (χ1n) is 10.4. The van der Waals surface area contributed by atoms with Crippen molar-refractivity contribution >= 4 is 34.8 Å². The van der Waals surface area contributed by atoms with E-state index in [1.54, 1.807) is 22.5 Å². The lowest BCUT2D eigenvalue weighted by Gasteiger charge is -2.34. The van der Waals surface area contributed by atoms with E-state index in [9.17, 15) is 9.59 Å². The van der Waals surface area contributed by atoms with Gasteiger partial charge in [-0.05, 0) is 36.4 Å². The topological polar surface area (TPSA) is 62.7 Å². The number of nitrogens with zero attached hydrogens (tertiary/aromatic N) is 3. The van der Waals surface area contributed by atoms with Crippen molar-refractivity contribution in [1.82, 2.24) is 14.8 Å². The van der Waals surface area contributed by atoms with E-state index >= 15 is 0 Å². The van der Waals surface area contributed by atoms with E-state index in [2.05, 4.69) is 4.98 Å². The Kier molecular flexibility index (Phi) is 7.02. The third kappa shape index (κ3) is 5.02. The molecule has 0 bridgehead atoms. The number of rotatable bonds is 5. The standard InChI is InChI=1S/C22H26ClN3O3S/c23-19-9-11-30-21(19)22(28)25-12-18(29-15-16-6-4-5-10-24-16)13-26(20(27)14-25)17-7-2-1-3-8-17/h4-6,9-11,17-18H,1-3,7-8,12-15H2/t18-/m1/s1. The van der Waals surface area contributed by atoms with E-state index in [1.165, 1.54) is 17.8 Å². The van der Waals surface area contributed by atoms with Gasteiger partial charge in [-0.25, -0.2) is 0 Å². The molecule has 2 aromatic heterocycles. The summed E-state index contributed by atoms with van der Waals surface area (Å²) in [5.74, 6) is -0.216. The van der Waals surface area contributed by atoms with Gasteiger partial charge in [0.25, 0.3) is 5.91 Å². The van der Waals surface area contributed by atoms with Crippen molar-refractivity contribution in [2.45, 2.75) is 50.9 Å². The van der Waals surface area contributed by atoms with Crippen molar-refractivity contribution in [3.05, 3.63) is 51.4 Å². The van der Waals surface area contributed by atoms with Gasteiger partial charge in [0, 0.05) is 25.3 Å². The van der Waals surface area contributed by atoms with Crippen LogP contribution in [0.15, 0.2) is 35.8 Å². The fourth-order valence-electron chi connectivity index (χ4n) is 4.23. The predicted molar refractivity (Wildman–Crippen MR) is 117 cm³/mol. The van der Waals surface area contributed by atoms with Gasteiger partial charge in [-0.1, -0.05) is 36.9 Å². The smallest absolute Gasteiger partial charge is 0.266 e. The Morgan fingerprint density at radius 3 is 2.73 bits per heavy atom. The van der Waals surface area contributed by atoms with Crippen LogP contribution in [0.4, 0.5) is 0 Å². The molecular formula is C22H26ClN3O3S. The van der Waals surface area contributed by atoms with Crippen LogP contribution in [0.5, 0.6) is 0 Å². The van der Waals surface area contributed by atoms with Gasteiger partial charge in [-0.2, -0.15) is 0 Å². The molecule has 160 valence electrons. The lowest BCUT2D eigenvalue weighted by molar-refractivity contribution is -0.134. The van der Waals surface area contributed by atoms with Gasteiger partial charge in [-0.3, -0.25) is 14.6 Å². The summed E-state index contributed by atoms with van der Waals surface area (Å²) in [7, 11) is 0. The molecule has 0 aromatic carbocycles. The molecule has 2 fully saturated rings. The van der Waals surface area contributed by atoms with Crippen molar-refractivity contribution in [2.75, 3.05) is 19.6 Å². The molecule has 0 spiro atoms. The van der Waals surface area contributed by atoms with Gasteiger partial charge >= 0.3 is 0 Å². The average Bonchev–Trinajstić information content (AvgIpc) is 3.13. The van der Waals surface area contributed by atoms with Gasteiger partial charge in [0.2, 0.25) is 5.91 Å². The zero-order valence-electron chi connectivity index (χ0n) is 16.8. The second kappa shape index (κ2) is 9.90. The zero-order valence-corrected chi connectivity index (χ0v) is 18.4. The number of hydrogen-bond donors (Lipinski definition) is 0. The SMILES string of the molecule is O=C(c1sccc1Cl)N1CC(=O)N(C2CCCCC2)C[C@H](OCc2ccccn2)C1. The molecule has 2 aromatic rings. The minimum atomic E-state index is -0.275. The third-order valence-corrected chi connectivity index (χ3v) is 7.11. The Balaban J connectivity index is 1.53. The minimum Gasteiger partial charge on any atom is -0.368 e. The van der Waals surface area contributed by atoms with Gasteiger partial charge in [0.15, 0.2) is 0 Å². The van der Waals surface area contributed by atoms with Gasteiger partial charge in [-0.15, -0.1) is 11.3 Å². The van der Waals surface area contributed by atoms with Crippen LogP contribution >= 0.6 is 22.9 Å². The molecule has 3 heterocycles.